The maximum Gasteiger partial charge on any atom is 0.272 e. The van der Waals surface area contributed by atoms with Gasteiger partial charge < -0.3 is 24.3 Å². The minimum atomic E-state index is -1.10. The Morgan fingerprint density at radius 2 is 1.69 bits per heavy atom. The number of nitrogens with zero attached hydrogens (tertiary/aromatic N) is 2. The quantitative estimate of drug-likeness (QED) is 0.276. The topological polar surface area (TPSA) is 124 Å². The number of H-pyrrole nitrogens is 1. The van der Waals surface area contributed by atoms with E-state index < -0.39 is 25.7 Å². The van der Waals surface area contributed by atoms with Crippen molar-refractivity contribution in [1.29, 1.82) is 0 Å². The molecular weight excluding hydrogens is 550 g/mol. The van der Waals surface area contributed by atoms with Crippen LogP contribution in [0.4, 0.5) is 8.78 Å². The number of Topliss-reactive ketones (excluding diaryl/α,β-unsaturated/α-hetero) is 1. The number of ketones is 1. The Balaban J connectivity index is 1.44. The van der Waals surface area contributed by atoms with Crippen molar-refractivity contribution in [2.45, 2.75) is 39.0 Å². The summed E-state index contributed by atoms with van der Waals surface area (Å²) in [4.78, 5) is 30.0. The number of halogens is 2. The highest BCUT2D eigenvalue weighted by Gasteiger charge is 2.25. The lowest BCUT2D eigenvalue weighted by molar-refractivity contribution is -0.120. The summed E-state index contributed by atoms with van der Waals surface area (Å²) < 4.78 is 46.4. The minimum absolute atomic E-state index is 0.115. The van der Waals surface area contributed by atoms with Gasteiger partial charge in [-0.3, -0.25) is 19.7 Å². The van der Waals surface area contributed by atoms with E-state index in [-0.39, 0.29) is 41.7 Å². The van der Waals surface area contributed by atoms with Crippen LogP contribution in [0.3, 0.4) is 0 Å². The molecule has 2 N–H and O–H groups in total. The SMILES string of the molecule is CCOC1=CC=NC(Cc2ccc(Cc3[nH]nc(C(=O)NCc4c(OCF)cccc4OCF)c3COC)cc2)C1=O. The van der Waals surface area contributed by atoms with Crippen LogP contribution in [0, 0.1) is 0 Å². The Kier molecular flexibility index (Phi) is 10.8. The smallest absolute Gasteiger partial charge is 0.272 e. The summed E-state index contributed by atoms with van der Waals surface area (Å²) in [6.07, 6.45) is 4.07. The maximum atomic E-state index is 13.1. The summed E-state index contributed by atoms with van der Waals surface area (Å²) in [5, 5.41) is 9.86. The molecule has 10 nitrogen and oxygen atoms in total. The predicted molar refractivity (Wildman–Crippen MR) is 150 cm³/mol. The van der Waals surface area contributed by atoms with Gasteiger partial charge in [-0.15, -0.1) is 0 Å². The Morgan fingerprint density at radius 3 is 2.33 bits per heavy atom. The van der Waals surface area contributed by atoms with Gasteiger partial charge in [-0.05, 0) is 30.2 Å². The molecule has 0 radical (unpaired) electrons. The van der Waals surface area contributed by atoms with Crippen molar-refractivity contribution in [2.24, 2.45) is 4.99 Å². The molecule has 0 aliphatic carbocycles. The van der Waals surface area contributed by atoms with Gasteiger partial charge in [0.1, 0.15) is 17.5 Å². The monoisotopic (exact) mass is 582 g/mol. The molecule has 42 heavy (non-hydrogen) atoms. The van der Waals surface area contributed by atoms with Gasteiger partial charge in [0.05, 0.1) is 25.3 Å². The van der Waals surface area contributed by atoms with E-state index in [1.165, 1.54) is 25.3 Å². The summed E-state index contributed by atoms with van der Waals surface area (Å²) in [5.74, 6) is -0.0831. The average molecular weight is 583 g/mol. The number of allylic oxidation sites excluding steroid dienone is 1. The van der Waals surface area contributed by atoms with Crippen LogP contribution >= 0.6 is 0 Å². The minimum Gasteiger partial charge on any atom is -0.490 e. The summed E-state index contributed by atoms with van der Waals surface area (Å²) >= 11 is 0. The van der Waals surface area contributed by atoms with E-state index in [0.29, 0.717) is 36.5 Å². The zero-order valence-electron chi connectivity index (χ0n) is 23.3. The number of hydrogen-bond acceptors (Lipinski definition) is 8. The first-order valence-corrected chi connectivity index (χ1v) is 13.3. The lowest BCUT2D eigenvalue weighted by Crippen LogP contribution is -2.27. The van der Waals surface area contributed by atoms with Gasteiger partial charge in [0.15, 0.2) is 11.5 Å². The number of aromatic nitrogens is 2. The molecule has 222 valence electrons. The van der Waals surface area contributed by atoms with Crippen molar-refractivity contribution in [3.8, 4) is 11.5 Å². The molecule has 0 spiro atoms. The Bertz CT molecular complexity index is 1410. The van der Waals surface area contributed by atoms with Crippen LogP contribution in [0.15, 0.2) is 59.3 Å². The van der Waals surface area contributed by atoms with Crippen LogP contribution in [0.2, 0.25) is 0 Å². The summed E-state index contributed by atoms with van der Waals surface area (Å²) in [6, 6.07) is 11.7. The Labute approximate surface area is 241 Å². The van der Waals surface area contributed by atoms with Crippen molar-refractivity contribution < 1.29 is 37.3 Å². The summed E-state index contributed by atoms with van der Waals surface area (Å²) in [6.45, 7) is 0.0565. The van der Waals surface area contributed by atoms with Crippen LogP contribution in [-0.4, -0.2) is 61.6 Å². The maximum absolute atomic E-state index is 13.1. The number of dihydropyridines is 1. The largest absolute Gasteiger partial charge is 0.490 e. The molecule has 1 atom stereocenters. The van der Waals surface area contributed by atoms with Crippen LogP contribution in [0.1, 0.15) is 45.4 Å². The molecule has 0 fully saturated rings. The molecule has 0 saturated heterocycles. The van der Waals surface area contributed by atoms with E-state index in [1.54, 1.807) is 12.3 Å². The second kappa shape index (κ2) is 14.9. The van der Waals surface area contributed by atoms with E-state index in [1.807, 2.05) is 31.2 Å². The molecule has 1 unspecified atom stereocenters. The number of amides is 1. The number of benzene rings is 2. The van der Waals surface area contributed by atoms with Gasteiger partial charge in [-0.25, -0.2) is 8.78 Å². The number of hydrogen-bond donors (Lipinski definition) is 2. The number of methoxy groups -OCH3 is 1. The van der Waals surface area contributed by atoms with Crippen LogP contribution < -0.4 is 14.8 Å². The van der Waals surface area contributed by atoms with Crippen molar-refractivity contribution in [3.05, 3.63) is 87.9 Å². The van der Waals surface area contributed by atoms with E-state index in [4.69, 9.17) is 18.9 Å². The van der Waals surface area contributed by atoms with Gasteiger partial charge >= 0.3 is 0 Å². The Morgan fingerprint density at radius 1 is 1.00 bits per heavy atom. The zero-order chi connectivity index (χ0) is 29.9. The third-order valence-electron chi connectivity index (χ3n) is 6.56. The van der Waals surface area contributed by atoms with Gasteiger partial charge in [0.25, 0.3) is 5.91 Å². The molecule has 2 heterocycles. The summed E-state index contributed by atoms with van der Waals surface area (Å²) in [7, 11) is 1.51. The second-order valence-electron chi connectivity index (χ2n) is 9.22. The highest BCUT2D eigenvalue weighted by Crippen LogP contribution is 2.29. The van der Waals surface area contributed by atoms with Crippen LogP contribution in [0.25, 0.3) is 0 Å². The predicted octanol–water partition coefficient (Wildman–Crippen LogP) is 4.17. The average Bonchev–Trinajstić information content (AvgIpc) is 3.38. The van der Waals surface area contributed by atoms with Crippen molar-refractivity contribution in [1.82, 2.24) is 15.5 Å². The summed E-state index contributed by atoms with van der Waals surface area (Å²) in [5.41, 5.74) is 3.58. The lowest BCUT2D eigenvalue weighted by atomic mass is 9.98. The zero-order valence-corrected chi connectivity index (χ0v) is 23.3. The van der Waals surface area contributed by atoms with Crippen molar-refractivity contribution >= 4 is 17.9 Å². The van der Waals surface area contributed by atoms with Gasteiger partial charge in [-0.2, -0.15) is 5.10 Å². The third kappa shape index (κ3) is 7.38. The number of carbonyl (C=O) groups is 2. The van der Waals surface area contributed by atoms with E-state index in [0.717, 1.165) is 11.1 Å². The molecule has 0 saturated carbocycles. The fraction of sp³-hybridized carbons (Fsp3) is 0.333. The molecular formula is C30H32F2N4O6. The number of aromatic amines is 1. The highest BCUT2D eigenvalue weighted by molar-refractivity contribution is 6.04. The molecule has 1 aromatic heterocycles. The standard InChI is InChI=1S/C30H32F2N4O6/c1-3-40-27-11-12-33-24(29(27)37)14-20-9-7-19(8-10-20)13-23-22(16-39-2)28(36-35-23)30(38)34-15-21-25(41-17-31)5-4-6-26(21)42-18-32/h4-12,24H,3,13-18H2,1-2H3,(H,34,38)(H,35,36). The third-order valence-corrected chi connectivity index (χ3v) is 6.56. The van der Waals surface area contributed by atoms with Crippen LogP contribution in [-0.2, 0) is 40.3 Å². The number of ether oxygens (including phenoxy) is 4. The van der Waals surface area contributed by atoms with Crippen molar-refractivity contribution in [3.63, 3.8) is 0 Å². The second-order valence-corrected chi connectivity index (χ2v) is 9.22. The fourth-order valence-corrected chi connectivity index (χ4v) is 4.56. The first-order valence-electron chi connectivity index (χ1n) is 13.3. The van der Waals surface area contributed by atoms with E-state index in [2.05, 4.69) is 20.5 Å². The highest BCUT2D eigenvalue weighted by atomic mass is 19.1. The first-order chi connectivity index (χ1) is 20.5. The Hall–Kier alpha value is -4.58. The molecule has 4 rings (SSSR count). The molecule has 1 aliphatic heterocycles. The number of alkyl halides is 2. The first kappa shape index (κ1) is 30.4. The van der Waals surface area contributed by atoms with Gasteiger partial charge in [0.2, 0.25) is 19.5 Å². The van der Waals surface area contributed by atoms with E-state index in [9.17, 15) is 18.4 Å². The fourth-order valence-electron chi connectivity index (χ4n) is 4.56. The normalized spacial score (nSPS) is 14.4. The molecule has 12 heteroatoms. The molecule has 1 aliphatic rings. The number of aliphatic imine (C=N–C) groups is 1. The molecule has 0 bridgehead atoms. The number of nitrogens with one attached hydrogen (secondary N) is 2. The van der Waals surface area contributed by atoms with Crippen LogP contribution in [0.5, 0.6) is 11.5 Å². The van der Waals surface area contributed by atoms with Crippen molar-refractivity contribution in [2.75, 3.05) is 27.4 Å². The lowest BCUT2D eigenvalue weighted by Gasteiger charge is -2.17. The number of carbonyl (C=O) groups excluding carboxylic acids is 2. The van der Waals surface area contributed by atoms with E-state index >= 15 is 0 Å². The molecule has 3 aromatic rings. The van der Waals surface area contributed by atoms with Gasteiger partial charge in [-0.1, -0.05) is 30.3 Å². The van der Waals surface area contributed by atoms with Gasteiger partial charge in [0, 0.05) is 43.5 Å². The number of rotatable bonds is 15. The molecule has 2 aromatic carbocycles. The molecule has 1 amide bonds.